The number of aryl methyl sites for hydroxylation is 1. The molecule has 0 saturated carbocycles. The van der Waals surface area contributed by atoms with Gasteiger partial charge in [-0.2, -0.15) is 0 Å². The van der Waals surface area contributed by atoms with Crippen molar-refractivity contribution < 1.29 is 0 Å². The van der Waals surface area contributed by atoms with Crippen LogP contribution in [0, 0.1) is 12.8 Å². The van der Waals surface area contributed by atoms with E-state index in [0.29, 0.717) is 12.0 Å². The van der Waals surface area contributed by atoms with E-state index >= 15 is 0 Å². The minimum atomic E-state index is 0.620. The van der Waals surface area contributed by atoms with Crippen LogP contribution < -0.4 is 5.32 Å². The third-order valence-corrected chi connectivity index (χ3v) is 3.55. The van der Waals surface area contributed by atoms with Crippen LogP contribution >= 0.6 is 11.3 Å². The average Bonchev–Trinajstić information content (AvgIpc) is 2.60. The summed E-state index contributed by atoms with van der Waals surface area (Å²) in [6, 6.07) is 0.620. The van der Waals surface area contributed by atoms with Crippen molar-refractivity contribution >= 4 is 11.3 Å². The van der Waals surface area contributed by atoms with Gasteiger partial charge in [0.2, 0.25) is 0 Å². The Morgan fingerprint density at radius 3 is 2.75 bits per heavy atom. The van der Waals surface area contributed by atoms with Gasteiger partial charge in [-0.25, -0.2) is 4.98 Å². The topological polar surface area (TPSA) is 24.9 Å². The molecule has 0 aliphatic carbocycles. The Labute approximate surface area is 103 Å². The van der Waals surface area contributed by atoms with E-state index in [1.807, 2.05) is 0 Å². The minimum Gasteiger partial charge on any atom is -0.314 e. The van der Waals surface area contributed by atoms with Gasteiger partial charge >= 0.3 is 0 Å². The van der Waals surface area contributed by atoms with Crippen molar-refractivity contribution in [2.45, 2.75) is 53.0 Å². The minimum absolute atomic E-state index is 0.620. The molecule has 3 heteroatoms. The van der Waals surface area contributed by atoms with Crippen LogP contribution in [0.4, 0.5) is 0 Å². The Morgan fingerprint density at radius 2 is 2.19 bits per heavy atom. The van der Waals surface area contributed by atoms with Crippen LogP contribution in [-0.2, 0) is 6.42 Å². The fraction of sp³-hybridized carbons (Fsp3) is 0.769. The first-order valence-corrected chi connectivity index (χ1v) is 7.14. The number of hydrogen-bond donors (Lipinski definition) is 1. The van der Waals surface area contributed by atoms with Gasteiger partial charge in [0.1, 0.15) is 0 Å². The molecular formula is C13H24N2S. The highest BCUT2D eigenvalue weighted by Gasteiger charge is 2.10. The van der Waals surface area contributed by atoms with E-state index in [0.717, 1.165) is 13.0 Å². The highest BCUT2D eigenvalue weighted by atomic mass is 32.1. The zero-order valence-corrected chi connectivity index (χ0v) is 11.7. The third-order valence-electron chi connectivity index (χ3n) is 2.72. The summed E-state index contributed by atoms with van der Waals surface area (Å²) in [5, 5.41) is 6.91. The van der Waals surface area contributed by atoms with Crippen LogP contribution in [0.3, 0.4) is 0 Å². The number of nitrogens with one attached hydrogen (secondary N) is 1. The zero-order chi connectivity index (χ0) is 12.0. The molecule has 1 N–H and O–H groups in total. The van der Waals surface area contributed by atoms with Gasteiger partial charge in [0.15, 0.2) is 0 Å². The van der Waals surface area contributed by atoms with Crippen LogP contribution in [0.25, 0.3) is 0 Å². The van der Waals surface area contributed by atoms with Gasteiger partial charge in [-0.3, -0.25) is 0 Å². The lowest BCUT2D eigenvalue weighted by Gasteiger charge is -2.17. The number of nitrogens with zero attached hydrogens (tertiary/aromatic N) is 1. The molecule has 0 fully saturated rings. The summed E-state index contributed by atoms with van der Waals surface area (Å²) in [6.07, 6.45) is 3.56. The first-order chi connectivity index (χ1) is 7.61. The number of rotatable bonds is 7. The molecule has 1 heterocycles. The van der Waals surface area contributed by atoms with Crippen LogP contribution in [0.1, 0.15) is 44.3 Å². The lowest BCUT2D eigenvalue weighted by atomic mass is 9.98. The Bertz CT molecular complexity index is 296. The van der Waals surface area contributed by atoms with E-state index in [4.69, 9.17) is 0 Å². The van der Waals surface area contributed by atoms with E-state index in [1.54, 1.807) is 11.3 Å². The lowest BCUT2D eigenvalue weighted by molar-refractivity contribution is 0.418. The summed E-state index contributed by atoms with van der Waals surface area (Å²) >= 11 is 1.75. The van der Waals surface area contributed by atoms with Crippen molar-refractivity contribution in [2.24, 2.45) is 5.92 Å². The molecule has 16 heavy (non-hydrogen) atoms. The summed E-state index contributed by atoms with van der Waals surface area (Å²) in [6.45, 7) is 10.0. The molecule has 0 aliphatic heterocycles. The van der Waals surface area contributed by atoms with Gasteiger partial charge in [0.05, 0.1) is 10.7 Å². The highest BCUT2D eigenvalue weighted by Crippen LogP contribution is 2.16. The molecule has 92 valence electrons. The van der Waals surface area contributed by atoms with Gasteiger partial charge in [-0.05, 0) is 45.6 Å². The first kappa shape index (κ1) is 13.7. The van der Waals surface area contributed by atoms with E-state index in [9.17, 15) is 0 Å². The molecule has 0 aromatic carbocycles. The molecule has 2 atom stereocenters. The molecular weight excluding hydrogens is 216 g/mol. The van der Waals surface area contributed by atoms with Crippen molar-refractivity contribution in [3.8, 4) is 0 Å². The Kier molecular flexibility index (Phi) is 5.99. The normalized spacial score (nSPS) is 15.0. The van der Waals surface area contributed by atoms with E-state index < -0.39 is 0 Å². The van der Waals surface area contributed by atoms with E-state index in [-0.39, 0.29) is 0 Å². The fourth-order valence-corrected chi connectivity index (χ4v) is 2.65. The molecule has 2 unspecified atom stereocenters. The van der Waals surface area contributed by atoms with Gasteiger partial charge in [-0.15, -0.1) is 11.3 Å². The van der Waals surface area contributed by atoms with Crippen molar-refractivity contribution in [1.29, 1.82) is 0 Å². The summed E-state index contributed by atoms with van der Waals surface area (Å²) < 4.78 is 0. The maximum absolute atomic E-state index is 4.52. The predicted molar refractivity (Wildman–Crippen MR) is 72.1 cm³/mol. The summed E-state index contributed by atoms with van der Waals surface area (Å²) in [4.78, 5) is 4.52. The molecule has 0 saturated heterocycles. The second-order valence-corrected chi connectivity index (χ2v) is 5.82. The van der Waals surface area contributed by atoms with Crippen LogP contribution in [0.5, 0.6) is 0 Å². The quantitative estimate of drug-likeness (QED) is 0.790. The van der Waals surface area contributed by atoms with Crippen molar-refractivity contribution in [2.75, 3.05) is 6.54 Å². The SMILES string of the molecule is CCCNC(C)CC(C)Cc1csc(C)n1. The summed E-state index contributed by atoms with van der Waals surface area (Å²) in [5.74, 6) is 0.709. The second-order valence-electron chi connectivity index (χ2n) is 4.76. The molecule has 2 nitrogen and oxygen atoms in total. The molecule has 1 aromatic rings. The maximum atomic E-state index is 4.52. The number of aromatic nitrogens is 1. The molecule has 1 rings (SSSR count). The van der Waals surface area contributed by atoms with Gasteiger partial charge in [0.25, 0.3) is 0 Å². The van der Waals surface area contributed by atoms with Crippen LogP contribution in [0.2, 0.25) is 0 Å². The monoisotopic (exact) mass is 240 g/mol. The van der Waals surface area contributed by atoms with Crippen molar-refractivity contribution in [3.63, 3.8) is 0 Å². The van der Waals surface area contributed by atoms with Crippen LogP contribution in [-0.4, -0.2) is 17.6 Å². The fourth-order valence-electron chi connectivity index (χ4n) is 2.02. The van der Waals surface area contributed by atoms with Crippen LogP contribution in [0.15, 0.2) is 5.38 Å². The van der Waals surface area contributed by atoms with E-state index in [1.165, 1.54) is 23.5 Å². The first-order valence-electron chi connectivity index (χ1n) is 6.26. The smallest absolute Gasteiger partial charge is 0.0897 e. The van der Waals surface area contributed by atoms with Crippen molar-refractivity contribution in [3.05, 3.63) is 16.1 Å². The Hall–Kier alpha value is -0.410. The van der Waals surface area contributed by atoms with Gasteiger partial charge in [0, 0.05) is 11.4 Å². The highest BCUT2D eigenvalue weighted by molar-refractivity contribution is 7.09. The number of hydrogen-bond acceptors (Lipinski definition) is 3. The van der Waals surface area contributed by atoms with Crippen molar-refractivity contribution in [1.82, 2.24) is 10.3 Å². The lowest BCUT2D eigenvalue weighted by Crippen LogP contribution is -2.28. The average molecular weight is 240 g/mol. The molecule has 0 bridgehead atoms. The summed E-state index contributed by atoms with van der Waals surface area (Å²) in [7, 11) is 0. The zero-order valence-electron chi connectivity index (χ0n) is 10.9. The number of thiazole rings is 1. The maximum Gasteiger partial charge on any atom is 0.0897 e. The predicted octanol–water partition coefficient (Wildman–Crippen LogP) is 3.41. The second kappa shape index (κ2) is 7.02. The third kappa shape index (κ3) is 5.08. The molecule has 0 amide bonds. The molecule has 0 spiro atoms. The Balaban J connectivity index is 2.27. The molecule has 0 aliphatic rings. The van der Waals surface area contributed by atoms with Gasteiger partial charge < -0.3 is 5.32 Å². The Morgan fingerprint density at radius 1 is 1.44 bits per heavy atom. The summed E-state index contributed by atoms with van der Waals surface area (Å²) in [5.41, 5.74) is 1.26. The molecule has 0 radical (unpaired) electrons. The largest absolute Gasteiger partial charge is 0.314 e. The standard InChI is InChI=1S/C13H24N2S/c1-5-6-14-11(3)7-10(2)8-13-9-16-12(4)15-13/h9-11,14H,5-8H2,1-4H3. The van der Waals surface area contributed by atoms with Gasteiger partial charge in [-0.1, -0.05) is 13.8 Å². The van der Waals surface area contributed by atoms with E-state index in [2.05, 4.69) is 43.4 Å². The molecule has 1 aromatic heterocycles.